The van der Waals surface area contributed by atoms with Gasteiger partial charge in [-0.2, -0.15) is 0 Å². The van der Waals surface area contributed by atoms with Crippen LogP contribution in [0.5, 0.6) is 5.75 Å². The zero-order chi connectivity index (χ0) is 20.4. The molecule has 1 aromatic carbocycles. The van der Waals surface area contributed by atoms with E-state index >= 15 is 0 Å². The summed E-state index contributed by atoms with van der Waals surface area (Å²) in [4.78, 5) is 37.9. The van der Waals surface area contributed by atoms with E-state index in [-0.39, 0.29) is 10.2 Å². The van der Waals surface area contributed by atoms with E-state index < -0.39 is 34.4 Å². The standard InChI is InChI=1S/C19H22ClNO5S/c1-5-12-14(20)21(15(12)22)13(16(23)24)17(27-18(25)19(2,3)4)26-11-9-7-6-8-10-11/h6-10,12,14H,5H2,1-4H3,(H,23,24). The second-order valence-corrected chi connectivity index (χ2v) is 8.48. The molecule has 2 rings (SSSR count). The van der Waals surface area contributed by atoms with Gasteiger partial charge in [0.2, 0.25) is 11.0 Å². The number of hydrogen-bond acceptors (Lipinski definition) is 5. The number of carboxylic acids is 1. The molecule has 0 spiro atoms. The molecular weight excluding hydrogens is 390 g/mol. The van der Waals surface area contributed by atoms with Crippen LogP contribution in [0.1, 0.15) is 34.1 Å². The van der Waals surface area contributed by atoms with Crippen molar-refractivity contribution in [2.45, 2.75) is 39.6 Å². The molecule has 0 aliphatic carbocycles. The van der Waals surface area contributed by atoms with Gasteiger partial charge in [-0.3, -0.25) is 14.5 Å². The highest BCUT2D eigenvalue weighted by Gasteiger charge is 2.50. The number of ether oxygens (including phenoxy) is 1. The minimum atomic E-state index is -1.39. The summed E-state index contributed by atoms with van der Waals surface area (Å²) in [5, 5.41) is 9.28. The first-order valence-electron chi connectivity index (χ1n) is 8.47. The summed E-state index contributed by atoms with van der Waals surface area (Å²) in [5.41, 5.74) is -1.95. The number of hydrogen-bond donors (Lipinski definition) is 1. The summed E-state index contributed by atoms with van der Waals surface area (Å²) >= 11 is 6.90. The first kappa shape index (κ1) is 21.3. The third-order valence-electron chi connectivity index (χ3n) is 3.96. The zero-order valence-electron chi connectivity index (χ0n) is 15.6. The first-order chi connectivity index (χ1) is 12.6. The summed E-state index contributed by atoms with van der Waals surface area (Å²) in [5.74, 6) is -1.88. The maximum Gasteiger partial charge on any atom is 0.357 e. The Morgan fingerprint density at radius 2 is 1.85 bits per heavy atom. The number of carboxylic acid groups (broad SMARTS) is 1. The predicted molar refractivity (Wildman–Crippen MR) is 104 cm³/mol. The van der Waals surface area contributed by atoms with Crippen molar-refractivity contribution in [3.8, 4) is 5.75 Å². The van der Waals surface area contributed by atoms with Crippen molar-refractivity contribution in [2.75, 3.05) is 0 Å². The molecule has 6 nitrogen and oxygen atoms in total. The van der Waals surface area contributed by atoms with Gasteiger partial charge in [-0.25, -0.2) is 4.79 Å². The average Bonchev–Trinajstić information content (AvgIpc) is 2.59. The average molecular weight is 412 g/mol. The van der Waals surface area contributed by atoms with Crippen LogP contribution in [0.25, 0.3) is 0 Å². The third-order valence-corrected chi connectivity index (χ3v) is 5.72. The predicted octanol–water partition coefficient (Wildman–Crippen LogP) is 4.06. The highest BCUT2D eigenvalue weighted by Crippen LogP contribution is 2.40. The van der Waals surface area contributed by atoms with E-state index in [0.29, 0.717) is 23.9 Å². The normalized spacial score (nSPS) is 20.6. The lowest BCUT2D eigenvalue weighted by Gasteiger charge is -2.43. The van der Waals surface area contributed by atoms with Crippen molar-refractivity contribution in [3.63, 3.8) is 0 Å². The van der Waals surface area contributed by atoms with E-state index in [4.69, 9.17) is 16.3 Å². The molecule has 1 aliphatic heterocycles. The fraction of sp³-hybridized carbons (Fsp3) is 0.421. The van der Waals surface area contributed by atoms with Gasteiger partial charge in [-0.05, 0) is 30.3 Å². The SMILES string of the molecule is CCC1C(=O)N(C(C(=O)O)=C(Oc2ccccc2)SC(=O)C(C)(C)C)C1Cl. The first-order valence-corrected chi connectivity index (χ1v) is 9.73. The monoisotopic (exact) mass is 411 g/mol. The summed E-state index contributed by atoms with van der Waals surface area (Å²) in [6.07, 6.45) is 0.499. The Morgan fingerprint density at radius 1 is 1.26 bits per heavy atom. The second kappa shape index (κ2) is 8.35. The fourth-order valence-electron chi connectivity index (χ4n) is 2.36. The van der Waals surface area contributed by atoms with Crippen LogP contribution >= 0.6 is 23.4 Å². The van der Waals surface area contributed by atoms with Gasteiger partial charge in [0.25, 0.3) is 0 Å². The highest BCUT2D eigenvalue weighted by atomic mass is 35.5. The van der Waals surface area contributed by atoms with Crippen LogP contribution in [0, 0.1) is 11.3 Å². The number of halogens is 1. The van der Waals surface area contributed by atoms with Crippen LogP contribution in [-0.2, 0) is 14.4 Å². The topological polar surface area (TPSA) is 83.9 Å². The van der Waals surface area contributed by atoms with Gasteiger partial charge in [0, 0.05) is 5.41 Å². The Labute approximate surface area is 167 Å². The molecule has 1 aromatic rings. The van der Waals surface area contributed by atoms with Crippen molar-refractivity contribution < 1.29 is 24.2 Å². The minimum Gasteiger partial charge on any atom is -0.476 e. The molecule has 8 heteroatoms. The molecule has 1 saturated heterocycles. The molecule has 0 saturated carbocycles. The Hall–Kier alpha value is -1.99. The summed E-state index contributed by atoms with van der Waals surface area (Å²) in [7, 11) is 0. The number of carbonyl (C=O) groups excluding carboxylic acids is 2. The lowest BCUT2D eigenvalue weighted by Crippen LogP contribution is -2.58. The Kier molecular flexibility index (Phi) is 6.59. The summed E-state index contributed by atoms with van der Waals surface area (Å²) in [6, 6.07) is 8.48. The van der Waals surface area contributed by atoms with E-state index in [0.717, 1.165) is 4.90 Å². The van der Waals surface area contributed by atoms with E-state index in [1.807, 2.05) is 0 Å². The highest BCUT2D eigenvalue weighted by molar-refractivity contribution is 8.16. The van der Waals surface area contributed by atoms with Gasteiger partial charge in [0.1, 0.15) is 11.3 Å². The maximum atomic E-state index is 12.5. The molecule has 2 unspecified atom stereocenters. The Morgan fingerprint density at radius 3 is 2.30 bits per heavy atom. The van der Waals surface area contributed by atoms with Crippen LogP contribution in [0.4, 0.5) is 0 Å². The molecule has 1 aliphatic rings. The van der Waals surface area contributed by atoms with Crippen molar-refractivity contribution in [1.82, 2.24) is 4.90 Å². The molecule has 2 atom stereocenters. The summed E-state index contributed by atoms with van der Waals surface area (Å²) < 4.78 is 5.71. The van der Waals surface area contributed by atoms with Crippen LogP contribution in [0.2, 0.25) is 0 Å². The molecule has 0 radical (unpaired) electrons. The number of aliphatic carboxylic acids is 1. The lowest BCUT2D eigenvalue weighted by atomic mass is 9.94. The van der Waals surface area contributed by atoms with E-state index in [2.05, 4.69) is 0 Å². The van der Waals surface area contributed by atoms with Crippen LogP contribution in [0.3, 0.4) is 0 Å². The number of para-hydroxylation sites is 1. The van der Waals surface area contributed by atoms with E-state index in [9.17, 15) is 19.5 Å². The van der Waals surface area contributed by atoms with Crippen molar-refractivity contribution >= 4 is 40.4 Å². The number of carbonyl (C=O) groups is 3. The van der Waals surface area contributed by atoms with Gasteiger partial charge >= 0.3 is 5.97 Å². The number of thioether (sulfide) groups is 1. The molecule has 1 N–H and O–H groups in total. The van der Waals surface area contributed by atoms with Crippen molar-refractivity contribution in [3.05, 3.63) is 41.1 Å². The van der Waals surface area contributed by atoms with Gasteiger partial charge in [0.05, 0.1) is 5.92 Å². The molecule has 27 heavy (non-hydrogen) atoms. The van der Waals surface area contributed by atoms with E-state index in [1.54, 1.807) is 58.0 Å². The number of amides is 1. The molecule has 1 amide bonds. The maximum absolute atomic E-state index is 12.5. The zero-order valence-corrected chi connectivity index (χ0v) is 17.1. The van der Waals surface area contributed by atoms with Crippen molar-refractivity contribution in [2.24, 2.45) is 11.3 Å². The van der Waals surface area contributed by atoms with Crippen LogP contribution < -0.4 is 4.74 Å². The number of likely N-dealkylation sites (tertiary alicyclic amines) is 1. The molecule has 1 heterocycles. The molecule has 0 bridgehead atoms. The molecular formula is C19H22ClNO5S. The fourth-order valence-corrected chi connectivity index (χ4v) is 3.73. The molecule has 0 aromatic heterocycles. The largest absolute Gasteiger partial charge is 0.476 e. The van der Waals surface area contributed by atoms with Crippen LogP contribution in [-0.4, -0.2) is 32.5 Å². The van der Waals surface area contributed by atoms with Crippen LogP contribution in [0.15, 0.2) is 41.1 Å². The Balaban J connectivity index is 2.50. The van der Waals surface area contributed by atoms with Gasteiger partial charge in [0.15, 0.2) is 10.8 Å². The third kappa shape index (κ3) is 4.65. The number of alkyl halides is 1. The van der Waals surface area contributed by atoms with Gasteiger partial charge in [-0.15, -0.1) is 0 Å². The number of benzene rings is 1. The number of β-lactam (4-membered cyclic amide) rings is 1. The number of nitrogens with zero attached hydrogens (tertiary/aromatic N) is 1. The minimum absolute atomic E-state index is 0.179. The lowest BCUT2D eigenvalue weighted by molar-refractivity contribution is -0.152. The van der Waals surface area contributed by atoms with Crippen molar-refractivity contribution in [1.29, 1.82) is 0 Å². The Bertz CT molecular complexity index is 772. The molecule has 146 valence electrons. The smallest absolute Gasteiger partial charge is 0.357 e. The number of rotatable bonds is 6. The van der Waals surface area contributed by atoms with Gasteiger partial charge in [-0.1, -0.05) is 57.5 Å². The second-order valence-electron chi connectivity index (χ2n) is 7.09. The molecule has 1 fully saturated rings. The summed E-state index contributed by atoms with van der Waals surface area (Å²) in [6.45, 7) is 6.96. The van der Waals surface area contributed by atoms with Gasteiger partial charge < -0.3 is 9.84 Å². The quantitative estimate of drug-likeness (QED) is 0.250. The van der Waals surface area contributed by atoms with E-state index in [1.165, 1.54) is 0 Å².